The Hall–Kier alpha value is -4.43. The Labute approximate surface area is 230 Å². The van der Waals surface area contributed by atoms with E-state index < -0.39 is 6.04 Å². The van der Waals surface area contributed by atoms with Crippen LogP contribution >= 0.6 is 11.3 Å². The highest BCUT2D eigenvalue weighted by atomic mass is 32.1. The number of hydrogen-bond donors (Lipinski definition) is 1. The first kappa shape index (κ1) is 26.2. The lowest BCUT2D eigenvalue weighted by molar-refractivity contribution is -0.113. The van der Waals surface area contributed by atoms with Crippen molar-refractivity contribution in [3.8, 4) is 11.5 Å². The number of nitrogens with zero attached hydrogens (tertiary/aromatic N) is 2. The number of nitrogens with one attached hydrogen (secondary N) is 1. The largest absolute Gasteiger partial charge is 0.496 e. The van der Waals surface area contributed by atoms with Gasteiger partial charge in [-0.15, -0.1) is 0 Å². The summed E-state index contributed by atoms with van der Waals surface area (Å²) in [5.74, 6) is 1.16. The van der Waals surface area contributed by atoms with Gasteiger partial charge in [-0.3, -0.25) is 14.2 Å². The fraction of sp³-hybridized carbons (Fsp3) is 0.194. The van der Waals surface area contributed by atoms with Gasteiger partial charge in [0.15, 0.2) is 4.80 Å². The first-order chi connectivity index (χ1) is 18.9. The third-order valence-electron chi connectivity index (χ3n) is 6.53. The zero-order valence-corrected chi connectivity index (χ0v) is 23.0. The minimum absolute atomic E-state index is 0.213. The predicted molar refractivity (Wildman–Crippen MR) is 154 cm³/mol. The van der Waals surface area contributed by atoms with Gasteiger partial charge in [0.05, 0.1) is 35.6 Å². The zero-order valence-electron chi connectivity index (χ0n) is 22.2. The van der Waals surface area contributed by atoms with E-state index in [2.05, 4.69) is 5.32 Å². The lowest BCUT2D eigenvalue weighted by atomic mass is 9.95. The van der Waals surface area contributed by atoms with E-state index in [9.17, 15) is 9.59 Å². The molecule has 4 aromatic rings. The topological polar surface area (TPSA) is 81.9 Å². The van der Waals surface area contributed by atoms with Crippen molar-refractivity contribution in [1.29, 1.82) is 0 Å². The van der Waals surface area contributed by atoms with Gasteiger partial charge in [0.1, 0.15) is 11.5 Å². The monoisotopic (exact) mass is 539 g/mol. The highest BCUT2D eigenvalue weighted by Gasteiger charge is 2.32. The summed E-state index contributed by atoms with van der Waals surface area (Å²) in [5.41, 5.74) is 4.07. The van der Waals surface area contributed by atoms with Crippen LogP contribution < -0.4 is 29.7 Å². The number of benzene rings is 3. The Kier molecular flexibility index (Phi) is 7.47. The van der Waals surface area contributed by atoms with Crippen LogP contribution in [0.5, 0.6) is 11.5 Å². The number of fused-ring (bicyclic) bond motifs is 1. The first-order valence-corrected chi connectivity index (χ1v) is 13.5. The van der Waals surface area contributed by atoms with Gasteiger partial charge in [-0.05, 0) is 73.9 Å². The second-order valence-corrected chi connectivity index (χ2v) is 10.1. The van der Waals surface area contributed by atoms with E-state index in [0.29, 0.717) is 32.9 Å². The number of carbonyl (C=O) groups excluding carboxylic acids is 1. The molecule has 0 saturated heterocycles. The summed E-state index contributed by atoms with van der Waals surface area (Å²) >= 11 is 1.30. The number of thiazole rings is 1. The quantitative estimate of drug-likeness (QED) is 0.373. The number of aryl methyl sites for hydroxylation is 1. The number of methoxy groups -OCH3 is 1. The van der Waals surface area contributed by atoms with Gasteiger partial charge in [0, 0.05) is 5.69 Å². The fourth-order valence-electron chi connectivity index (χ4n) is 4.64. The molecule has 1 aliphatic heterocycles. The normalized spacial score (nSPS) is 15.0. The molecule has 2 heterocycles. The lowest BCUT2D eigenvalue weighted by Crippen LogP contribution is -2.40. The molecular weight excluding hydrogens is 510 g/mol. The molecular formula is C31H29N3O4S. The van der Waals surface area contributed by atoms with Crippen LogP contribution in [0, 0.1) is 6.92 Å². The van der Waals surface area contributed by atoms with Crippen molar-refractivity contribution in [3.05, 3.63) is 120 Å². The molecule has 0 aliphatic carbocycles. The Bertz CT molecular complexity index is 1740. The number of rotatable bonds is 7. The average Bonchev–Trinajstić information content (AvgIpc) is 3.24. The van der Waals surface area contributed by atoms with Gasteiger partial charge in [0.2, 0.25) is 0 Å². The molecule has 3 aromatic carbocycles. The number of hydrogen-bond acceptors (Lipinski definition) is 6. The fourth-order valence-corrected chi connectivity index (χ4v) is 5.68. The number of carbonyl (C=O) groups is 1. The molecule has 1 aliphatic rings. The number of allylic oxidation sites excluding steroid dienone is 1. The summed E-state index contributed by atoms with van der Waals surface area (Å²) in [7, 11) is 1.63. The highest BCUT2D eigenvalue weighted by molar-refractivity contribution is 7.07. The van der Waals surface area contributed by atoms with Crippen molar-refractivity contribution in [3.63, 3.8) is 0 Å². The molecule has 0 radical (unpaired) electrons. The van der Waals surface area contributed by atoms with Crippen LogP contribution in [0.1, 0.15) is 36.6 Å². The summed E-state index contributed by atoms with van der Waals surface area (Å²) in [4.78, 5) is 32.8. The molecule has 5 rings (SSSR count). The first-order valence-electron chi connectivity index (χ1n) is 12.7. The maximum absolute atomic E-state index is 13.9. The maximum Gasteiger partial charge on any atom is 0.271 e. The standard InChI is InChI=1S/C31H29N3O4S/c1-5-38-24-15-13-22(14-16-24)28-27(29(35)33-23-9-7-6-8-10-23)20(3)32-31-34(28)30(36)26(39-31)18-21-12-11-19(2)25(17-21)37-4/h6-18,28H,5H2,1-4H3,(H,33,35)/b26-18-/t28-/m0/s1. The molecule has 0 unspecified atom stereocenters. The van der Waals surface area contributed by atoms with E-state index in [0.717, 1.165) is 28.2 Å². The molecule has 1 aromatic heterocycles. The van der Waals surface area contributed by atoms with E-state index >= 15 is 0 Å². The molecule has 1 atom stereocenters. The zero-order chi connectivity index (χ0) is 27.5. The van der Waals surface area contributed by atoms with Gasteiger partial charge in [-0.2, -0.15) is 0 Å². The lowest BCUT2D eigenvalue weighted by Gasteiger charge is -2.25. The Morgan fingerprint density at radius 1 is 1.08 bits per heavy atom. The minimum Gasteiger partial charge on any atom is -0.496 e. The summed E-state index contributed by atoms with van der Waals surface area (Å²) in [6.07, 6.45) is 1.84. The molecule has 198 valence electrons. The molecule has 1 N–H and O–H groups in total. The third kappa shape index (κ3) is 5.28. The number of amides is 1. The molecule has 0 saturated carbocycles. The summed E-state index contributed by atoms with van der Waals surface area (Å²) < 4.78 is 13.2. The molecule has 0 spiro atoms. The smallest absolute Gasteiger partial charge is 0.271 e. The Morgan fingerprint density at radius 2 is 1.82 bits per heavy atom. The van der Waals surface area contributed by atoms with E-state index in [1.54, 1.807) is 11.7 Å². The van der Waals surface area contributed by atoms with Crippen molar-refractivity contribution in [2.24, 2.45) is 4.99 Å². The second-order valence-electron chi connectivity index (χ2n) is 9.13. The molecule has 8 heteroatoms. The van der Waals surface area contributed by atoms with Crippen molar-refractivity contribution >= 4 is 29.0 Å². The summed E-state index contributed by atoms with van der Waals surface area (Å²) in [6, 6.07) is 21.9. The van der Waals surface area contributed by atoms with E-state index in [1.165, 1.54) is 11.3 Å². The molecule has 1 amide bonds. The SMILES string of the molecule is CCOc1ccc([C@H]2C(C(=O)Nc3ccccc3)=C(C)N=c3s/c(=C\c4ccc(C)c(OC)c4)c(=O)n32)cc1. The molecule has 39 heavy (non-hydrogen) atoms. The highest BCUT2D eigenvalue weighted by Crippen LogP contribution is 2.32. The van der Waals surface area contributed by atoms with Gasteiger partial charge >= 0.3 is 0 Å². The number of para-hydroxylation sites is 1. The number of aromatic nitrogens is 1. The van der Waals surface area contributed by atoms with Gasteiger partial charge in [-0.25, -0.2) is 4.99 Å². The van der Waals surface area contributed by atoms with Crippen LogP contribution in [0.3, 0.4) is 0 Å². The number of anilines is 1. The van der Waals surface area contributed by atoms with Gasteiger partial charge in [0.25, 0.3) is 11.5 Å². The van der Waals surface area contributed by atoms with Crippen LogP contribution in [0.15, 0.2) is 93.9 Å². The molecule has 7 nitrogen and oxygen atoms in total. The van der Waals surface area contributed by atoms with Crippen molar-refractivity contribution in [2.75, 3.05) is 19.0 Å². The number of ether oxygens (including phenoxy) is 2. The second kappa shape index (κ2) is 11.1. The Balaban J connectivity index is 1.65. The van der Waals surface area contributed by atoms with Crippen LogP contribution in [0.4, 0.5) is 5.69 Å². The van der Waals surface area contributed by atoms with Crippen molar-refractivity contribution in [2.45, 2.75) is 26.8 Å². The maximum atomic E-state index is 13.9. The van der Waals surface area contributed by atoms with E-state index in [-0.39, 0.29) is 11.5 Å². The van der Waals surface area contributed by atoms with Crippen LogP contribution in [0.25, 0.3) is 6.08 Å². The van der Waals surface area contributed by atoms with Crippen molar-refractivity contribution in [1.82, 2.24) is 4.57 Å². The van der Waals surface area contributed by atoms with Crippen LogP contribution in [0.2, 0.25) is 0 Å². The van der Waals surface area contributed by atoms with E-state index in [1.807, 2.05) is 99.6 Å². The minimum atomic E-state index is -0.657. The summed E-state index contributed by atoms with van der Waals surface area (Å²) in [5, 5.41) is 2.97. The van der Waals surface area contributed by atoms with Crippen molar-refractivity contribution < 1.29 is 14.3 Å². The van der Waals surface area contributed by atoms with Gasteiger partial charge in [-0.1, -0.05) is 53.8 Å². The molecule has 0 fully saturated rings. The predicted octanol–water partition coefficient (Wildman–Crippen LogP) is 4.59. The van der Waals surface area contributed by atoms with E-state index in [4.69, 9.17) is 14.5 Å². The van der Waals surface area contributed by atoms with Crippen LogP contribution in [-0.4, -0.2) is 24.2 Å². The summed E-state index contributed by atoms with van der Waals surface area (Å²) in [6.45, 7) is 6.25. The Morgan fingerprint density at radius 3 is 2.51 bits per heavy atom. The van der Waals surface area contributed by atoms with Gasteiger partial charge < -0.3 is 14.8 Å². The average molecular weight is 540 g/mol. The molecule has 0 bridgehead atoms. The third-order valence-corrected chi connectivity index (χ3v) is 7.52. The van der Waals surface area contributed by atoms with Crippen LogP contribution in [-0.2, 0) is 4.79 Å².